The van der Waals surface area contributed by atoms with E-state index in [0.717, 1.165) is 14.5 Å². The van der Waals surface area contributed by atoms with E-state index in [1.165, 1.54) is 0 Å². The number of hydrogen-bond acceptors (Lipinski definition) is 1. The molecule has 118 valence electrons. The van der Waals surface area contributed by atoms with Crippen molar-refractivity contribution in [3.05, 3.63) is 46.5 Å². The number of hydrogen-bond donors (Lipinski definition) is 1. The van der Waals surface area contributed by atoms with E-state index in [4.69, 9.17) is 0 Å². The van der Waals surface area contributed by atoms with Crippen molar-refractivity contribution in [2.45, 2.75) is 26.8 Å². The predicted octanol–water partition coefficient (Wildman–Crippen LogP) is 2.63. The number of nitrogens with one attached hydrogen (secondary N) is 1. The van der Waals surface area contributed by atoms with Gasteiger partial charge in [0.2, 0.25) is 5.91 Å². The van der Waals surface area contributed by atoms with Gasteiger partial charge in [-0.1, -0.05) is 22.6 Å². The van der Waals surface area contributed by atoms with Gasteiger partial charge in [-0.3, -0.25) is 4.79 Å². The van der Waals surface area contributed by atoms with Crippen molar-refractivity contribution in [3.8, 4) is 0 Å². The molecule has 1 aliphatic rings. The van der Waals surface area contributed by atoms with Crippen molar-refractivity contribution in [3.63, 3.8) is 0 Å². The summed E-state index contributed by atoms with van der Waals surface area (Å²) in [6, 6.07) is 5.21. The number of nitrogens with zero attached hydrogens (tertiary/aromatic N) is 2. The lowest BCUT2D eigenvalue weighted by atomic mass is 9.90. The average molecular weight is 418 g/mol. The molecule has 0 spiro atoms. The van der Waals surface area contributed by atoms with Gasteiger partial charge in [0.05, 0.1) is 11.0 Å². The van der Waals surface area contributed by atoms with Gasteiger partial charge in [0.15, 0.2) is 0 Å². The van der Waals surface area contributed by atoms with Gasteiger partial charge in [-0.05, 0) is 54.7 Å². The lowest BCUT2D eigenvalue weighted by Crippen LogP contribution is -2.49. The highest BCUT2D eigenvalue weighted by Gasteiger charge is 2.39. The zero-order chi connectivity index (χ0) is 16.1. The van der Waals surface area contributed by atoms with Crippen molar-refractivity contribution < 1.29 is 13.4 Å². The Labute approximate surface area is 141 Å². The molecule has 1 amide bonds. The number of alkyl halides is 1. The highest BCUT2D eigenvalue weighted by Crippen LogP contribution is 2.33. The largest absolute Gasteiger partial charge is 0.532 e. The maximum atomic E-state index is 15.0. The topological polar surface area (TPSA) is 39.0 Å². The molecular formula is C14H16BF2IN3O-. The molecule has 0 unspecified atom stereocenters. The number of fused-ring (bicyclic) bond motifs is 2. The van der Waals surface area contributed by atoms with E-state index in [-0.39, 0.29) is 12.5 Å². The number of halogens is 3. The van der Waals surface area contributed by atoms with E-state index in [9.17, 15) is 4.79 Å². The minimum absolute atomic E-state index is 0.119. The van der Waals surface area contributed by atoms with Crippen molar-refractivity contribution >= 4 is 35.5 Å². The van der Waals surface area contributed by atoms with E-state index in [2.05, 4.69) is 5.32 Å². The Bertz CT molecular complexity index is 754. The lowest BCUT2D eigenvalue weighted by molar-refractivity contribution is -0.118. The second-order valence-corrected chi connectivity index (χ2v) is 6.41. The Morgan fingerprint density at radius 3 is 2.77 bits per heavy atom. The Morgan fingerprint density at radius 1 is 1.36 bits per heavy atom. The quantitative estimate of drug-likeness (QED) is 0.465. The molecule has 0 saturated heterocycles. The normalized spacial score (nSPS) is 15.3. The molecule has 0 aromatic carbocycles. The minimum atomic E-state index is -3.92. The van der Waals surface area contributed by atoms with Crippen LogP contribution >= 0.6 is 22.6 Å². The first kappa shape index (κ1) is 15.6. The number of aryl methyl sites for hydroxylation is 2. The van der Waals surface area contributed by atoms with Crippen molar-refractivity contribution in [2.75, 3.05) is 4.43 Å². The summed E-state index contributed by atoms with van der Waals surface area (Å²) < 4.78 is 32.7. The van der Waals surface area contributed by atoms with Crippen LogP contribution in [0, 0.1) is 13.8 Å². The molecule has 0 atom stereocenters. The summed E-state index contributed by atoms with van der Waals surface area (Å²) in [7, 11) is 0. The first-order chi connectivity index (χ1) is 10.4. The van der Waals surface area contributed by atoms with Gasteiger partial charge < -0.3 is 22.9 Å². The van der Waals surface area contributed by atoms with Gasteiger partial charge in [-0.25, -0.2) is 0 Å². The van der Waals surface area contributed by atoms with Crippen LogP contribution in [0.15, 0.2) is 18.2 Å². The second-order valence-electron chi connectivity index (χ2n) is 5.65. The summed E-state index contributed by atoms with van der Waals surface area (Å²) >= 11 is 1.94. The zero-order valence-electron chi connectivity index (χ0n) is 12.4. The lowest BCUT2D eigenvalue weighted by Gasteiger charge is -2.39. The van der Waals surface area contributed by atoms with E-state index in [1.54, 1.807) is 25.1 Å². The molecule has 0 aliphatic carbocycles. The maximum Gasteiger partial charge on any atom is 0.532 e. The maximum absolute atomic E-state index is 15.0. The van der Waals surface area contributed by atoms with Crippen LogP contribution in [0.4, 0.5) is 8.63 Å². The van der Waals surface area contributed by atoms with Crippen molar-refractivity contribution in [1.29, 1.82) is 0 Å². The van der Waals surface area contributed by atoms with Gasteiger partial charge in [-0.2, -0.15) is 0 Å². The Morgan fingerprint density at radius 2 is 2.09 bits per heavy atom. The van der Waals surface area contributed by atoms with E-state index in [0.29, 0.717) is 33.6 Å². The SMILES string of the molecule is Cc1cc(C)n2c1Cc1ccc(CNC(=O)CI)n1[B-]2(F)F. The zero-order valence-corrected chi connectivity index (χ0v) is 14.5. The molecule has 0 bridgehead atoms. The van der Waals surface area contributed by atoms with Crippen LogP contribution in [0.1, 0.15) is 28.3 Å². The first-order valence-electron chi connectivity index (χ1n) is 7.07. The molecule has 0 saturated carbocycles. The monoisotopic (exact) mass is 418 g/mol. The summed E-state index contributed by atoms with van der Waals surface area (Å²) in [5.74, 6) is -0.156. The summed E-state index contributed by atoms with van der Waals surface area (Å²) in [5.41, 5.74) is 3.17. The Hall–Kier alpha value is -1.32. The van der Waals surface area contributed by atoms with Crippen LogP contribution in [0.2, 0.25) is 0 Å². The van der Waals surface area contributed by atoms with Crippen LogP contribution in [0.5, 0.6) is 0 Å². The third-order valence-electron chi connectivity index (χ3n) is 4.20. The predicted molar refractivity (Wildman–Crippen MR) is 90.6 cm³/mol. The average Bonchev–Trinajstić information content (AvgIpc) is 2.99. The number of rotatable bonds is 3. The van der Waals surface area contributed by atoms with Crippen LogP contribution in [0.3, 0.4) is 0 Å². The van der Waals surface area contributed by atoms with E-state index >= 15 is 8.63 Å². The van der Waals surface area contributed by atoms with Crippen LogP contribution < -0.4 is 5.32 Å². The smallest absolute Gasteiger partial charge is 0.447 e. The van der Waals surface area contributed by atoms with Gasteiger partial charge in [0.1, 0.15) is 0 Å². The molecule has 3 rings (SSSR count). The van der Waals surface area contributed by atoms with Crippen molar-refractivity contribution in [1.82, 2.24) is 14.3 Å². The highest BCUT2D eigenvalue weighted by atomic mass is 127. The summed E-state index contributed by atoms with van der Waals surface area (Å²) in [5, 5.41) is 2.67. The minimum Gasteiger partial charge on any atom is -0.447 e. The van der Waals surface area contributed by atoms with Gasteiger partial charge in [0.25, 0.3) is 0 Å². The molecule has 22 heavy (non-hydrogen) atoms. The molecule has 8 heteroatoms. The molecular weight excluding hydrogens is 402 g/mol. The van der Waals surface area contributed by atoms with Gasteiger partial charge in [-0.15, -0.1) is 0 Å². The Kier molecular flexibility index (Phi) is 3.82. The molecule has 3 heterocycles. The summed E-state index contributed by atoms with van der Waals surface area (Å²) in [4.78, 5) is 11.4. The van der Waals surface area contributed by atoms with Crippen LogP contribution in [-0.2, 0) is 17.8 Å². The number of aromatic nitrogens is 2. The molecule has 1 aliphatic heterocycles. The third-order valence-corrected chi connectivity index (χ3v) is 4.89. The molecule has 1 N–H and O–H groups in total. The van der Waals surface area contributed by atoms with Crippen molar-refractivity contribution in [2.24, 2.45) is 0 Å². The number of amides is 1. The fourth-order valence-corrected chi connectivity index (χ4v) is 3.54. The first-order valence-corrected chi connectivity index (χ1v) is 8.60. The molecule has 0 fully saturated rings. The second kappa shape index (κ2) is 5.40. The van der Waals surface area contributed by atoms with Crippen LogP contribution in [0.25, 0.3) is 0 Å². The van der Waals surface area contributed by atoms with Gasteiger partial charge >= 0.3 is 6.97 Å². The van der Waals surface area contributed by atoms with Crippen LogP contribution in [-0.4, -0.2) is 26.3 Å². The standard InChI is InChI=1S/C14H16BF2IN3O/c1-9-5-10(2)20-13(9)6-11-3-4-12(8-19-14(22)7-18)21(11)15(20,16)17/h3-5H,6-8H2,1-2H3,(H,19,22)/q-1. The Balaban J connectivity index is 2.03. The molecule has 2 aromatic rings. The number of carbonyl (C=O) groups excluding carboxylic acids is 1. The van der Waals surface area contributed by atoms with Gasteiger partial charge in [0, 0.05) is 12.1 Å². The fourth-order valence-electron chi connectivity index (χ4n) is 3.27. The fraction of sp³-hybridized carbons (Fsp3) is 0.357. The molecule has 4 nitrogen and oxygen atoms in total. The summed E-state index contributed by atoms with van der Waals surface area (Å²) in [6.45, 7) is -0.228. The van der Waals surface area contributed by atoms with E-state index < -0.39 is 6.97 Å². The number of carbonyl (C=O) groups is 1. The molecule has 0 radical (unpaired) electrons. The highest BCUT2D eigenvalue weighted by molar-refractivity contribution is 14.1. The van der Waals surface area contributed by atoms with E-state index in [1.807, 2.05) is 29.5 Å². The third kappa shape index (κ3) is 2.27. The molecule has 2 aromatic heterocycles. The summed E-state index contributed by atoms with van der Waals surface area (Å²) in [6.07, 6.45) is 0.483.